The molecule has 0 N–H and O–H groups in total. The molecule has 0 amide bonds. The van der Waals surface area contributed by atoms with Crippen LogP contribution in [0.4, 0.5) is 8.78 Å². The Morgan fingerprint density at radius 1 is 1.64 bits per heavy atom. The molecule has 0 aliphatic carbocycles. The zero-order valence-electron chi connectivity index (χ0n) is 5.67. The van der Waals surface area contributed by atoms with Crippen molar-refractivity contribution in [1.29, 1.82) is 0 Å². The molecule has 2 nitrogen and oxygen atoms in total. The lowest BCUT2D eigenvalue weighted by molar-refractivity contribution is 0.130. The van der Waals surface area contributed by atoms with Gasteiger partial charge < -0.3 is 0 Å². The minimum absolute atomic E-state index is 0.145. The molecule has 0 saturated heterocycles. The van der Waals surface area contributed by atoms with Gasteiger partial charge in [0, 0.05) is 19.2 Å². The van der Waals surface area contributed by atoms with Crippen molar-refractivity contribution in [2.45, 2.75) is 19.4 Å². The highest BCUT2D eigenvalue weighted by Crippen LogP contribution is 2.08. The van der Waals surface area contributed by atoms with Gasteiger partial charge in [-0.2, -0.15) is 5.10 Å². The van der Waals surface area contributed by atoms with E-state index in [-0.39, 0.29) is 13.0 Å². The molecule has 5 heteroatoms. The molecule has 1 aromatic rings. The van der Waals surface area contributed by atoms with Gasteiger partial charge >= 0.3 is 0 Å². The number of rotatable bonds is 3. The molecule has 1 aromatic heterocycles. The first kappa shape index (κ1) is 8.64. The third kappa shape index (κ3) is 2.96. The first-order valence-electron chi connectivity index (χ1n) is 3.14. The summed E-state index contributed by atoms with van der Waals surface area (Å²) >= 11 is 3.17. The van der Waals surface area contributed by atoms with Gasteiger partial charge in [0.15, 0.2) is 0 Å². The van der Waals surface area contributed by atoms with Crippen LogP contribution < -0.4 is 0 Å². The number of aryl methyl sites for hydroxylation is 1. The molecule has 0 aliphatic heterocycles. The number of hydrogen-bond acceptors (Lipinski definition) is 1. The van der Waals surface area contributed by atoms with Crippen LogP contribution in [0.3, 0.4) is 0 Å². The highest BCUT2D eigenvalue weighted by atomic mass is 79.9. The van der Waals surface area contributed by atoms with E-state index in [0.717, 1.165) is 4.47 Å². The molecular formula is C6H7BrF2N2. The molecule has 0 radical (unpaired) electrons. The fourth-order valence-electron chi connectivity index (χ4n) is 0.690. The van der Waals surface area contributed by atoms with E-state index >= 15 is 0 Å². The van der Waals surface area contributed by atoms with E-state index in [1.165, 1.54) is 4.68 Å². The lowest BCUT2D eigenvalue weighted by atomic mass is 10.4. The topological polar surface area (TPSA) is 17.8 Å². The predicted molar refractivity (Wildman–Crippen MR) is 40.5 cm³/mol. The highest BCUT2D eigenvalue weighted by molar-refractivity contribution is 9.10. The molecule has 0 saturated carbocycles. The Bertz CT molecular complexity index is 224. The van der Waals surface area contributed by atoms with Gasteiger partial charge in [-0.15, -0.1) is 0 Å². The number of hydrogen-bond donors (Lipinski definition) is 0. The fourth-order valence-corrected chi connectivity index (χ4v) is 1.02. The second-order valence-corrected chi connectivity index (χ2v) is 3.02. The van der Waals surface area contributed by atoms with Gasteiger partial charge in [0.1, 0.15) is 0 Å². The zero-order valence-corrected chi connectivity index (χ0v) is 7.26. The minimum atomic E-state index is -2.25. The average molecular weight is 225 g/mol. The van der Waals surface area contributed by atoms with Crippen molar-refractivity contribution in [3.63, 3.8) is 0 Å². The number of halogens is 3. The zero-order chi connectivity index (χ0) is 8.27. The Hall–Kier alpha value is -0.450. The molecule has 0 bridgehead atoms. The molecule has 0 unspecified atom stereocenters. The summed E-state index contributed by atoms with van der Waals surface area (Å²) in [5.74, 6) is 0. The summed E-state index contributed by atoms with van der Waals surface area (Å²) in [7, 11) is 0. The number of aromatic nitrogens is 2. The fraction of sp³-hybridized carbons (Fsp3) is 0.500. The molecule has 1 rings (SSSR count). The molecule has 0 fully saturated rings. The Morgan fingerprint density at radius 3 is 2.82 bits per heavy atom. The van der Waals surface area contributed by atoms with Gasteiger partial charge in [0.2, 0.25) is 6.43 Å². The van der Waals surface area contributed by atoms with E-state index in [1.54, 1.807) is 12.4 Å². The third-order valence-corrected chi connectivity index (χ3v) is 1.59. The van der Waals surface area contributed by atoms with E-state index in [4.69, 9.17) is 0 Å². The van der Waals surface area contributed by atoms with Gasteiger partial charge in [-0.1, -0.05) is 0 Å². The normalized spacial score (nSPS) is 10.9. The summed E-state index contributed by atoms with van der Waals surface area (Å²) in [5, 5.41) is 3.82. The van der Waals surface area contributed by atoms with Gasteiger partial charge in [0.05, 0.1) is 10.7 Å². The van der Waals surface area contributed by atoms with Crippen LogP contribution in [0.1, 0.15) is 6.42 Å². The maximum absolute atomic E-state index is 11.7. The molecular weight excluding hydrogens is 218 g/mol. The molecule has 0 atom stereocenters. The van der Waals surface area contributed by atoms with Crippen LogP contribution in [0.2, 0.25) is 0 Å². The Balaban J connectivity index is 2.39. The standard InChI is InChI=1S/C6H7BrF2N2/c7-5-3-10-11(4-5)2-1-6(8)9/h3-4,6H,1-2H2. The maximum Gasteiger partial charge on any atom is 0.240 e. The second-order valence-electron chi connectivity index (χ2n) is 2.10. The molecule has 0 spiro atoms. The average Bonchev–Trinajstić information content (AvgIpc) is 2.31. The lowest BCUT2D eigenvalue weighted by Gasteiger charge is -1.98. The van der Waals surface area contributed by atoms with E-state index in [2.05, 4.69) is 21.0 Å². The predicted octanol–water partition coefficient (Wildman–Crippen LogP) is 2.30. The van der Waals surface area contributed by atoms with Crippen LogP contribution in [0.5, 0.6) is 0 Å². The molecule has 11 heavy (non-hydrogen) atoms. The minimum Gasteiger partial charge on any atom is -0.271 e. The quantitative estimate of drug-likeness (QED) is 0.771. The lowest BCUT2D eigenvalue weighted by Crippen LogP contribution is -2.02. The first-order valence-corrected chi connectivity index (χ1v) is 3.94. The van der Waals surface area contributed by atoms with Crippen LogP contribution in [-0.2, 0) is 6.54 Å². The van der Waals surface area contributed by atoms with Crippen molar-refractivity contribution < 1.29 is 8.78 Å². The van der Waals surface area contributed by atoms with Gasteiger partial charge in [0.25, 0.3) is 0 Å². The Labute approximate surface area is 71.3 Å². The first-order chi connectivity index (χ1) is 5.18. The molecule has 0 aromatic carbocycles. The van der Waals surface area contributed by atoms with Gasteiger partial charge in [-0.3, -0.25) is 4.68 Å². The van der Waals surface area contributed by atoms with Gasteiger partial charge in [-0.25, -0.2) is 8.78 Å². The van der Waals surface area contributed by atoms with E-state index in [9.17, 15) is 8.78 Å². The van der Waals surface area contributed by atoms with Crippen molar-refractivity contribution in [3.8, 4) is 0 Å². The maximum atomic E-state index is 11.7. The molecule has 0 aliphatic rings. The Kier molecular flexibility index (Phi) is 2.99. The van der Waals surface area contributed by atoms with Crippen molar-refractivity contribution in [1.82, 2.24) is 9.78 Å². The van der Waals surface area contributed by atoms with Crippen molar-refractivity contribution in [3.05, 3.63) is 16.9 Å². The van der Waals surface area contributed by atoms with Crippen LogP contribution in [0.25, 0.3) is 0 Å². The van der Waals surface area contributed by atoms with Gasteiger partial charge in [-0.05, 0) is 15.9 Å². The number of nitrogens with zero attached hydrogens (tertiary/aromatic N) is 2. The summed E-state index contributed by atoms with van der Waals surface area (Å²) in [6.07, 6.45) is 0.847. The monoisotopic (exact) mass is 224 g/mol. The van der Waals surface area contributed by atoms with Crippen molar-refractivity contribution in [2.24, 2.45) is 0 Å². The third-order valence-electron chi connectivity index (χ3n) is 1.18. The van der Waals surface area contributed by atoms with Crippen LogP contribution >= 0.6 is 15.9 Å². The van der Waals surface area contributed by atoms with Crippen LogP contribution in [0.15, 0.2) is 16.9 Å². The smallest absolute Gasteiger partial charge is 0.240 e. The SMILES string of the molecule is FC(F)CCn1cc(Br)cn1. The summed E-state index contributed by atoms with van der Waals surface area (Å²) in [6.45, 7) is 0.267. The highest BCUT2D eigenvalue weighted by Gasteiger charge is 2.02. The molecule has 62 valence electrons. The molecule has 1 heterocycles. The largest absolute Gasteiger partial charge is 0.271 e. The second kappa shape index (κ2) is 3.80. The van der Waals surface area contributed by atoms with E-state index in [0.29, 0.717) is 0 Å². The van der Waals surface area contributed by atoms with Crippen LogP contribution in [-0.4, -0.2) is 16.2 Å². The summed E-state index contributed by atoms with van der Waals surface area (Å²) in [4.78, 5) is 0. The Morgan fingerprint density at radius 2 is 2.36 bits per heavy atom. The summed E-state index contributed by atoms with van der Waals surface area (Å²) in [5.41, 5.74) is 0. The van der Waals surface area contributed by atoms with Crippen molar-refractivity contribution in [2.75, 3.05) is 0 Å². The number of alkyl halides is 2. The summed E-state index contributed by atoms with van der Waals surface area (Å²) in [6, 6.07) is 0. The van der Waals surface area contributed by atoms with E-state index in [1.807, 2.05) is 0 Å². The summed E-state index contributed by atoms with van der Waals surface area (Å²) < 4.78 is 25.6. The van der Waals surface area contributed by atoms with Crippen molar-refractivity contribution >= 4 is 15.9 Å². The van der Waals surface area contributed by atoms with Crippen LogP contribution in [0, 0.1) is 0 Å². The van der Waals surface area contributed by atoms with E-state index < -0.39 is 6.43 Å².